The lowest BCUT2D eigenvalue weighted by Crippen LogP contribution is -2.32. The fraction of sp³-hybridized carbons (Fsp3) is 0.167. The predicted molar refractivity (Wildman–Crippen MR) is 155 cm³/mol. The highest BCUT2D eigenvalue weighted by atomic mass is 32.2. The molecular formula is C30H30N4O6S. The lowest BCUT2D eigenvalue weighted by atomic mass is 10.1. The average Bonchev–Trinajstić information content (AvgIpc) is 3.41. The SMILES string of the molecule is COc1ccc(NC(=O)C(=O)N/N=C/c2ccc(CN(Cc3ccc(C)cc3)S(=O)(=O)c3ccc(C)cc3)o2)cc1. The molecule has 0 aliphatic rings. The number of aryl methyl sites for hydroxylation is 2. The standard InChI is InChI=1S/C30H30N4O6S/c1-21-4-8-23(9-5-21)19-34(41(37,38)28-16-6-22(2)7-17-28)20-27-15-14-26(40-27)18-31-33-30(36)29(35)32-24-10-12-25(39-3)13-11-24/h4-18H,19-20H2,1-3H3,(H,32,35)(H,33,36)/b31-18+. The van der Waals surface area contributed by atoms with Gasteiger partial charge in [-0.1, -0.05) is 47.5 Å². The van der Waals surface area contributed by atoms with E-state index in [1.165, 1.54) is 17.6 Å². The van der Waals surface area contributed by atoms with E-state index in [1.807, 2.05) is 38.1 Å². The highest BCUT2D eigenvalue weighted by molar-refractivity contribution is 7.89. The third-order valence-corrected chi connectivity index (χ3v) is 7.87. The van der Waals surface area contributed by atoms with Crippen LogP contribution in [0.3, 0.4) is 0 Å². The van der Waals surface area contributed by atoms with E-state index >= 15 is 0 Å². The second-order valence-corrected chi connectivity index (χ2v) is 11.2. The summed E-state index contributed by atoms with van der Waals surface area (Å²) in [5.74, 6) is -0.629. The number of hydrogen-bond acceptors (Lipinski definition) is 7. The van der Waals surface area contributed by atoms with Crippen molar-refractivity contribution in [3.63, 3.8) is 0 Å². The summed E-state index contributed by atoms with van der Waals surface area (Å²) in [7, 11) is -2.33. The van der Waals surface area contributed by atoms with Crippen LogP contribution in [0.25, 0.3) is 0 Å². The first-order chi connectivity index (χ1) is 19.6. The number of hydrazone groups is 1. The molecule has 0 aliphatic heterocycles. The van der Waals surface area contributed by atoms with Crippen molar-refractivity contribution in [2.24, 2.45) is 5.10 Å². The molecule has 0 saturated carbocycles. The maximum Gasteiger partial charge on any atom is 0.329 e. The van der Waals surface area contributed by atoms with Gasteiger partial charge in [-0.25, -0.2) is 13.8 Å². The molecule has 0 saturated heterocycles. The summed E-state index contributed by atoms with van der Waals surface area (Å²) < 4.78 is 39.3. The van der Waals surface area contributed by atoms with Crippen molar-refractivity contribution in [1.82, 2.24) is 9.73 Å². The molecule has 212 valence electrons. The molecule has 41 heavy (non-hydrogen) atoms. The molecule has 2 N–H and O–H groups in total. The number of rotatable bonds is 10. The maximum atomic E-state index is 13.6. The number of carbonyl (C=O) groups excluding carboxylic acids is 2. The Balaban J connectivity index is 1.42. The van der Waals surface area contributed by atoms with Crippen molar-refractivity contribution in [1.29, 1.82) is 0 Å². The zero-order chi connectivity index (χ0) is 29.4. The molecule has 0 spiro atoms. The summed E-state index contributed by atoms with van der Waals surface area (Å²) in [4.78, 5) is 24.4. The van der Waals surface area contributed by atoms with Crippen molar-refractivity contribution >= 4 is 33.7 Å². The summed E-state index contributed by atoms with van der Waals surface area (Å²) in [6.07, 6.45) is 1.22. The molecule has 2 amide bonds. The number of carbonyl (C=O) groups is 2. The maximum absolute atomic E-state index is 13.6. The van der Waals surface area contributed by atoms with Crippen LogP contribution in [-0.4, -0.2) is 37.9 Å². The molecule has 10 nitrogen and oxygen atoms in total. The van der Waals surface area contributed by atoms with E-state index in [2.05, 4.69) is 15.8 Å². The number of amides is 2. The number of benzene rings is 3. The fourth-order valence-corrected chi connectivity index (χ4v) is 5.17. The van der Waals surface area contributed by atoms with Crippen molar-refractivity contribution in [3.05, 3.63) is 113 Å². The minimum Gasteiger partial charge on any atom is -0.497 e. The van der Waals surface area contributed by atoms with E-state index in [0.717, 1.165) is 16.7 Å². The highest BCUT2D eigenvalue weighted by Crippen LogP contribution is 2.23. The Morgan fingerprint density at radius 1 is 0.854 bits per heavy atom. The van der Waals surface area contributed by atoms with Gasteiger partial charge >= 0.3 is 11.8 Å². The van der Waals surface area contributed by atoms with Crippen LogP contribution in [0.15, 0.2) is 99.3 Å². The minimum atomic E-state index is -3.85. The van der Waals surface area contributed by atoms with Gasteiger partial charge < -0.3 is 14.5 Å². The Labute approximate surface area is 238 Å². The van der Waals surface area contributed by atoms with E-state index in [4.69, 9.17) is 9.15 Å². The zero-order valence-electron chi connectivity index (χ0n) is 22.8. The quantitative estimate of drug-likeness (QED) is 0.164. The number of furan rings is 1. The Morgan fingerprint density at radius 3 is 2.12 bits per heavy atom. The van der Waals surface area contributed by atoms with Gasteiger partial charge in [-0.2, -0.15) is 9.41 Å². The third kappa shape index (κ3) is 7.90. The fourth-order valence-electron chi connectivity index (χ4n) is 3.77. The zero-order valence-corrected chi connectivity index (χ0v) is 23.6. The number of anilines is 1. The van der Waals surface area contributed by atoms with Crippen molar-refractivity contribution in [3.8, 4) is 5.75 Å². The van der Waals surface area contributed by atoms with Crippen LogP contribution in [0.2, 0.25) is 0 Å². The van der Waals surface area contributed by atoms with Crippen LogP contribution >= 0.6 is 0 Å². The first-order valence-electron chi connectivity index (χ1n) is 12.6. The lowest BCUT2D eigenvalue weighted by Gasteiger charge is -2.21. The molecular weight excluding hydrogens is 544 g/mol. The molecule has 1 aromatic heterocycles. The Bertz CT molecular complexity index is 1630. The highest BCUT2D eigenvalue weighted by Gasteiger charge is 2.26. The van der Waals surface area contributed by atoms with Gasteiger partial charge in [0.15, 0.2) is 0 Å². The van der Waals surface area contributed by atoms with E-state index in [0.29, 0.717) is 17.2 Å². The van der Waals surface area contributed by atoms with Gasteiger partial charge in [0.1, 0.15) is 17.3 Å². The van der Waals surface area contributed by atoms with E-state index in [9.17, 15) is 18.0 Å². The minimum absolute atomic E-state index is 0.0332. The van der Waals surface area contributed by atoms with Gasteiger partial charge in [-0.3, -0.25) is 9.59 Å². The van der Waals surface area contributed by atoms with Crippen LogP contribution < -0.4 is 15.5 Å². The van der Waals surface area contributed by atoms with Crippen LogP contribution in [0, 0.1) is 13.8 Å². The summed E-state index contributed by atoms with van der Waals surface area (Å²) in [5.41, 5.74) is 5.41. The number of sulfonamides is 1. The van der Waals surface area contributed by atoms with Crippen molar-refractivity contribution < 1.29 is 27.2 Å². The van der Waals surface area contributed by atoms with Gasteiger partial charge in [0.2, 0.25) is 10.0 Å². The average molecular weight is 575 g/mol. The Morgan fingerprint density at radius 2 is 1.49 bits per heavy atom. The van der Waals surface area contributed by atoms with Gasteiger partial charge in [-0.15, -0.1) is 0 Å². The Kier molecular flexibility index (Phi) is 9.33. The van der Waals surface area contributed by atoms with Crippen LogP contribution in [0.4, 0.5) is 5.69 Å². The summed E-state index contributed by atoms with van der Waals surface area (Å²) in [5, 5.41) is 6.23. The topological polar surface area (TPSA) is 130 Å². The summed E-state index contributed by atoms with van der Waals surface area (Å²) in [6.45, 7) is 3.96. The molecule has 0 unspecified atom stereocenters. The lowest BCUT2D eigenvalue weighted by molar-refractivity contribution is -0.136. The number of nitrogens with one attached hydrogen (secondary N) is 2. The molecule has 0 atom stereocenters. The molecule has 4 aromatic rings. The Hall–Kier alpha value is -4.74. The molecule has 11 heteroatoms. The summed E-state index contributed by atoms with van der Waals surface area (Å²) in [6, 6.07) is 24.0. The van der Waals surface area contributed by atoms with Gasteiger partial charge in [0.25, 0.3) is 0 Å². The normalized spacial score (nSPS) is 11.5. The number of nitrogens with zero attached hydrogens (tertiary/aromatic N) is 2. The molecule has 0 aliphatic carbocycles. The van der Waals surface area contributed by atoms with E-state index in [-0.39, 0.29) is 23.7 Å². The van der Waals surface area contributed by atoms with Crippen molar-refractivity contribution in [2.75, 3.05) is 12.4 Å². The largest absolute Gasteiger partial charge is 0.497 e. The summed E-state index contributed by atoms with van der Waals surface area (Å²) >= 11 is 0. The molecule has 3 aromatic carbocycles. The van der Waals surface area contributed by atoms with Crippen LogP contribution in [-0.2, 0) is 32.7 Å². The second kappa shape index (κ2) is 13.1. The number of methoxy groups -OCH3 is 1. The predicted octanol–water partition coefficient (Wildman–Crippen LogP) is 4.38. The van der Waals surface area contributed by atoms with E-state index in [1.54, 1.807) is 60.7 Å². The third-order valence-electron chi connectivity index (χ3n) is 6.06. The smallest absolute Gasteiger partial charge is 0.329 e. The van der Waals surface area contributed by atoms with Crippen LogP contribution in [0.5, 0.6) is 5.75 Å². The van der Waals surface area contributed by atoms with Gasteiger partial charge in [-0.05, 0) is 67.9 Å². The first-order valence-corrected chi connectivity index (χ1v) is 14.1. The first kappa shape index (κ1) is 29.2. The van der Waals surface area contributed by atoms with Gasteiger partial charge in [0.05, 0.1) is 24.8 Å². The monoisotopic (exact) mass is 574 g/mol. The molecule has 1 heterocycles. The van der Waals surface area contributed by atoms with Crippen molar-refractivity contribution in [2.45, 2.75) is 31.8 Å². The number of ether oxygens (including phenoxy) is 1. The molecule has 0 fully saturated rings. The van der Waals surface area contributed by atoms with Gasteiger partial charge in [0, 0.05) is 12.2 Å². The molecule has 0 radical (unpaired) electrons. The van der Waals surface area contributed by atoms with E-state index < -0.39 is 21.8 Å². The molecule has 4 rings (SSSR count). The number of hydrogen-bond donors (Lipinski definition) is 2. The molecule has 0 bridgehead atoms. The second-order valence-electron chi connectivity index (χ2n) is 9.26. The van der Waals surface area contributed by atoms with Crippen LogP contribution in [0.1, 0.15) is 28.2 Å².